The second-order valence-corrected chi connectivity index (χ2v) is 5.77. The molecule has 0 saturated carbocycles. The number of nitrogens with one attached hydrogen (secondary N) is 1. The van der Waals surface area contributed by atoms with E-state index >= 15 is 0 Å². The Kier molecular flexibility index (Phi) is 3.64. The highest BCUT2D eigenvalue weighted by Crippen LogP contribution is 2.21. The van der Waals surface area contributed by atoms with E-state index in [1.54, 1.807) is 5.38 Å². The Bertz CT molecular complexity index is 483. The normalized spacial score (nSPS) is 19.2. The Morgan fingerprint density at radius 2 is 2.28 bits per heavy atom. The number of likely N-dealkylation sites (tertiary alicyclic amines) is 1. The topological polar surface area (TPSA) is 69.0 Å². The van der Waals surface area contributed by atoms with Crippen LogP contribution in [0.1, 0.15) is 28.3 Å². The van der Waals surface area contributed by atoms with Gasteiger partial charge in [-0.05, 0) is 26.8 Å². The van der Waals surface area contributed by atoms with E-state index in [0.717, 1.165) is 18.1 Å². The van der Waals surface area contributed by atoms with E-state index < -0.39 is 5.54 Å². The number of hydrogen-bond acceptors (Lipinski definition) is 5. The molecular weight excluding hydrogens is 248 g/mol. The summed E-state index contributed by atoms with van der Waals surface area (Å²) in [4.78, 5) is 18.3. The number of aryl methyl sites for hydroxylation is 1. The van der Waals surface area contributed by atoms with Crippen molar-refractivity contribution in [2.24, 2.45) is 0 Å². The molecule has 0 unspecified atom stereocenters. The fraction of sp³-hybridized carbons (Fsp3) is 0.583. The number of rotatable bonds is 2. The van der Waals surface area contributed by atoms with Gasteiger partial charge in [-0.2, -0.15) is 5.26 Å². The van der Waals surface area contributed by atoms with Crippen LogP contribution in [0.15, 0.2) is 5.38 Å². The summed E-state index contributed by atoms with van der Waals surface area (Å²) in [5.41, 5.74) is -0.327. The Morgan fingerprint density at radius 1 is 1.61 bits per heavy atom. The largest absolute Gasteiger partial charge is 0.332 e. The number of nitrogens with zero attached hydrogens (tertiary/aromatic N) is 3. The first kappa shape index (κ1) is 13.0. The lowest BCUT2D eigenvalue weighted by molar-refractivity contribution is 0.0877. The molecule has 2 rings (SSSR count). The highest BCUT2D eigenvalue weighted by molar-refractivity contribution is 7.09. The summed E-state index contributed by atoms with van der Waals surface area (Å²) < 4.78 is 0. The first-order chi connectivity index (χ1) is 8.54. The number of carbonyl (C=O) groups excluding carboxylic acids is 1. The van der Waals surface area contributed by atoms with Gasteiger partial charge in [-0.3, -0.25) is 4.79 Å². The summed E-state index contributed by atoms with van der Waals surface area (Å²) in [5, 5.41) is 14.8. The summed E-state index contributed by atoms with van der Waals surface area (Å²) in [7, 11) is 2.02. The maximum absolute atomic E-state index is 12.0. The molecule has 18 heavy (non-hydrogen) atoms. The molecule has 0 radical (unpaired) electrons. The predicted molar refractivity (Wildman–Crippen MR) is 69.4 cm³/mol. The third-order valence-electron chi connectivity index (χ3n) is 3.26. The Morgan fingerprint density at radius 3 is 2.78 bits per heavy atom. The van der Waals surface area contributed by atoms with Crippen LogP contribution in [-0.4, -0.2) is 41.5 Å². The molecule has 5 nitrogen and oxygen atoms in total. The van der Waals surface area contributed by atoms with Crippen molar-refractivity contribution >= 4 is 17.2 Å². The zero-order chi connectivity index (χ0) is 13.2. The van der Waals surface area contributed by atoms with Crippen LogP contribution in [0, 0.1) is 18.3 Å². The van der Waals surface area contributed by atoms with Crippen molar-refractivity contribution in [1.29, 1.82) is 5.26 Å². The van der Waals surface area contributed by atoms with Crippen LogP contribution >= 0.6 is 11.3 Å². The first-order valence-corrected chi connectivity index (χ1v) is 6.77. The van der Waals surface area contributed by atoms with Crippen LogP contribution in [0.25, 0.3) is 0 Å². The van der Waals surface area contributed by atoms with Crippen LogP contribution in [0.2, 0.25) is 0 Å². The van der Waals surface area contributed by atoms with E-state index in [4.69, 9.17) is 0 Å². The van der Waals surface area contributed by atoms with Crippen molar-refractivity contribution in [3.05, 3.63) is 16.1 Å². The summed E-state index contributed by atoms with van der Waals surface area (Å²) in [6, 6.07) is 2.26. The molecule has 1 aromatic rings. The van der Waals surface area contributed by atoms with E-state index in [1.165, 1.54) is 11.3 Å². The monoisotopic (exact) mass is 264 g/mol. The van der Waals surface area contributed by atoms with E-state index in [-0.39, 0.29) is 5.91 Å². The van der Waals surface area contributed by atoms with Gasteiger partial charge < -0.3 is 10.2 Å². The van der Waals surface area contributed by atoms with Gasteiger partial charge in [-0.15, -0.1) is 11.3 Å². The maximum atomic E-state index is 12.0. The van der Waals surface area contributed by atoms with Gasteiger partial charge in [-0.25, -0.2) is 4.98 Å². The molecule has 1 N–H and O–H groups in total. The fourth-order valence-corrected chi connectivity index (χ4v) is 2.61. The van der Waals surface area contributed by atoms with Gasteiger partial charge in [0.2, 0.25) is 0 Å². The molecule has 1 aromatic heterocycles. The lowest BCUT2D eigenvalue weighted by atomic mass is 9.89. The number of amides is 1. The fourth-order valence-electron chi connectivity index (χ4n) is 2.01. The van der Waals surface area contributed by atoms with Gasteiger partial charge in [0.25, 0.3) is 5.91 Å². The van der Waals surface area contributed by atoms with Crippen molar-refractivity contribution in [2.75, 3.05) is 20.1 Å². The van der Waals surface area contributed by atoms with Crippen molar-refractivity contribution in [2.45, 2.75) is 25.3 Å². The molecule has 0 atom stereocenters. The molecule has 1 saturated heterocycles. The van der Waals surface area contributed by atoms with E-state index in [0.29, 0.717) is 18.5 Å². The average Bonchev–Trinajstić information content (AvgIpc) is 2.79. The molecule has 2 heterocycles. The van der Waals surface area contributed by atoms with Gasteiger partial charge in [0.1, 0.15) is 11.2 Å². The second-order valence-electron chi connectivity index (χ2n) is 4.70. The predicted octanol–water partition coefficient (Wildman–Crippen LogP) is 1.17. The van der Waals surface area contributed by atoms with Gasteiger partial charge in [0, 0.05) is 18.5 Å². The number of thiazole rings is 1. The molecule has 1 amide bonds. The molecule has 0 spiro atoms. The number of carbonyl (C=O) groups is 1. The molecule has 6 heteroatoms. The third kappa shape index (κ3) is 2.68. The van der Waals surface area contributed by atoms with Crippen LogP contribution in [-0.2, 0) is 0 Å². The number of aromatic nitrogens is 1. The summed E-state index contributed by atoms with van der Waals surface area (Å²) >= 11 is 1.44. The Balaban J connectivity index is 2.07. The van der Waals surface area contributed by atoms with Gasteiger partial charge in [-0.1, -0.05) is 0 Å². The van der Waals surface area contributed by atoms with E-state index in [9.17, 15) is 10.1 Å². The standard InChI is InChI=1S/C12H16N4OS/c1-9-14-10(7-18-9)11(17)15-12(8-13)3-5-16(2)6-4-12/h7H,3-6H2,1-2H3,(H,15,17). The molecule has 0 aliphatic carbocycles. The SMILES string of the molecule is Cc1nc(C(=O)NC2(C#N)CCN(C)CC2)cs1. The molecule has 0 aromatic carbocycles. The highest BCUT2D eigenvalue weighted by atomic mass is 32.1. The van der Waals surface area contributed by atoms with Crippen LogP contribution in [0.3, 0.4) is 0 Å². The van der Waals surface area contributed by atoms with Crippen molar-refractivity contribution in [1.82, 2.24) is 15.2 Å². The number of nitriles is 1. The van der Waals surface area contributed by atoms with Crippen molar-refractivity contribution < 1.29 is 4.79 Å². The summed E-state index contributed by atoms with van der Waals surface area (Å²) in [6.45, 7) is 3.50. The number of hydrogen-bond donors (Lipinski definition) is 1. The van der Waals surface area contributed by atoms with Crippen molar-refractivity contribution in [3.8, 4) is 6.07 Å². The minimum atomic E-state index is -0.735. The average molecular weight is 264 g/mol. The lowest BCUT2D eigenvalue weighted by Crippen LogP contribution is -2.53. The minimum Gasteiger partial charge on any atom is -0.332 e. The van der Waals surface area contributed by atoms with Gasteiger partial charge in [0.05, 0.1) is 11.1 Å². The summed E-state index contributed by atoms with van der Waals surface area (Å²) in [6.07, 6.45) is 1.32. The smallest absolute Gasteiger partial charge is 0.272 e. The summed E-state index contributed by atoms with van der Waals surface area (Å²) in [5.74, 6) is -0.245. The maximum Gasteiger partial charge on any atom is 0.272 e. The quantitative estimate of drug-likeness (QED) is 0.870. The van der Waals surface area contributed by atoms with E-state index in [2.05, 4.69) is 21.3 Å². The minimum absolute atomic E-state index is 0.245. The van der Waals surface area contributed by atoms with Crippen molar-refractivity contribution in [3.63, 3.8) is 0 Å². The third-order valence-corrected chi connectivity index (χ3v) is 4.03. The molecule has 1 fully saturated rings. The molecule has 1 aliphatic rings. The molecule has 0 bridgehead atoms. The lowest BCUT2D eigenvalue weighted by Gasteiger charge is -2.35. The van der Waals surface area contributed by atoms with Gasteiger partial charge in [0.15, 0.2) is 0 Å². The Hall–Kier alpha value is -1.45. The molecular formula is C12H16N4OS. The van der Waals surface area contributed by atoms with Gasteiger partial charge >= 0.3 is 0 Å². The highest BCUT2D eigenvalue weighted by Gasteiger charge is 2.35. The van der Waals surface area contributed by atoms with Crippen LogP contribution in [0.4, 0.5) is 0 Å². The first-order valence-electron chi connectivity index (χ1n) is 5.89. The zero-order valence-electron chi connectivity index (χ0n) is 10.6. The van der Waals surface area contributed by atoms with E-state index in [1.807, 2.05) is 14.0 Å². The second kappa shape index (κ2) is 5.04. The number of piperidine rings is 1. The van der Waals surface area contributed by atoms with Crippen LogP contribution < -0.4 is 5.32 Å². The zero-order valence-corrected chi connectivity index (χ0v) is 11.4. The molecule has 96 valence electrons. The van der Waals surface area contributed by atoms with Crippen LogP contribution in [0.5, 0.6) is 0 Å². The molecule has 1 aliphatic heterocycles. The Labute approximate surface area is 110 Å².